The van der Waals surface area contributed by atoms with Crippen molar-refractivity contribution in [3.05, 3.63) is 0 Å². The van der Waals surface area contributed by atoms with Crippen molar-refractivity contribution in [2.24, 2.45) is 17.6 Å². The molecule has 0 spiro atoms. The average molecular weight is 391 g/mol. The van der Waals surface area contributed by atoms with E-state index in [-0.39, 0.29) is 92.4 Å². The molecule has 0 aromatic heterocycles. The van der Waals surface area contributed by atoms with Crippen LogP contribution < -0.4 is 57.1 Å². The first kappa shape index (κ1) is 30.6. The van der Waals surface area contributed by atoms with E-state index in [9.17, 15) is 20.4 Å². The average Bonchev–Trinajstić information content (AvgIpc) is 2.51. The molecule has 2 rings (SSSR count). The molecule has 0 bridgehead atoms. The van der Waals surface area contributed by atoms with Crippen LogP contribution in [0.3, 0.4) is 0 Å². The predicted octanol–water partition coefficient (Wildman–Crippen LogP) is -3.64. The van der Waals surface area contributed by atoms with Crippen LogP contribution in [-0.2, 0) is 9.47 Å². The first-order chi connectivity index (χ1) is 10.3. The molecule has 2 heterocycles. The third kappa shape index (κ3) is 8.59. The van der Waals surface area contributed by atoms with E-state index < -0.39 is 30.3 Å². The van der Waals surface area contributed by atoms with Crippen molar-refractivity contribution in [1.29, 1.82) is 5.26 Å². The molecule has 0 unspecified atom stereocenters. The number of aliphatic hydroxyl groups is 4. The summed E-state index contributed by atoms with van der Waals surface area (Å²) in [4.78, 5) is 0. The number of hydrogen-bond acceptors (Lipinski definition) is 8. The predicted molar refractivity (Wildman–Crippen MR) is 91.1 cm³/mol. The molecular weight excluding hydrogens is 355 g/mol. The standard InChI is InChI=1S/C7H15NO3.C7H11NO3.2CH4.K.H/c2*1-4-6(9)7(10)5(2-8)3-11-4;;;;/h4-7,9-10H,2-3,8H2,1H3;4-7,9-10H,3H2,1H3;2*1H4;;/q;;;;+1;-1/t2*4-,5+,6+,7+;;;;/m00..../s1. The Labute approximate surface area is 195 Å². The minimum Gasteiger partial charge on any atom is -1.00 e. The van der Waals surface area contributed by atoms with E-state index in [0.29, 0.717) is 13.2 Å². The summed E-state index contributed by atoms with van der Waals surface area (Å²) in [5, 5.41) is 45.7. The van der Waals surface area contributed by atoms with Gasteiger partial charge < -0.3 is 37.1 Å². The van der Waals surface area contributed by atoms with Crippen molar-refractivity contribution in [1.82, 2.24) is 0 Å². The Kier molecular flexibility index (Phi) is 18.2. The fourth-order valence-electron chi connectivity index (χ4n) is 2.32. The maximum absolute atomic E-state index is 9.40. The van der Waals surface area contributed by atoms with Gasteiger partial charge in [0.15, 0.2) is 0 Å². The summed E-state index contributed by atoms with van der Waals surface area (Å²) in [6, 6.07) is 1.87. The van der Waals surface area contributed by atoms with Crippen molar-refractivity contribution in [3.8, 4) is 6.07 Å². The number of nitrogens with two attached hydrogens (primary N) is 1. The number of aliphatic hydroxyl groups excluding tert-OH is 4. The van der Waals surface area contributed by atoms with Gasteiger partial charge >= 0.3 is 51.4 Å². The molecule has 2 aliphatic heterocycles. The molecule has 0 aliphatic carbocycles. The molecular formula is C16H35KN2O6. The molecule has 0 aromatic carbocycles. The van der Waals surface area contributed by atoms with E-state index in [1.54, 1.807) is 13.8 Å². The Morgan fingerprint density at radius 3 is 1.84 bits per heavy atom. The SMILES string of the molecule is C.C.C[C@@H]1OC[C@@H](C#N)[C@@H](O)[C@@H]1O.C[C@@H]1OC[C@@H](CN)[C@@H](O)[C@@H]1O.[H-].[K+]. The van der Waals surface area contributed by atoms with Crippen LogP contribution in [0.15, 0.2) is 0 Å². The minimum absolute atomic E-state index is 0. The van der Waals surface area contributed by atoms with Gasteiger partial charge in [0.25, 0.3) is 0 Å². The van der Waals surface area contributed by atoms with Crippen molar-refractivity contribution in [2.45, 2.75) is 65.3 Å². The summed E-state index contributed by atoms with van der Waals surface area (Å²) >= 11 is 0. The van der Waals surface area contributed by atoms with Crippen LogP contribution in [-0.4, -0.2) is 76.8 Å². The van der Waals surface area contributed by atoms with Crippen molar-refractivity contribution < 1.29 is 82.7 Å². The van der Waals surface area contributed by atoms with E-state index in [1.807, 2.05) is 6.07 Å². The monoisotopic (exact) mass is 390 g/mol. The molecule has 2 aliphatic rings. The smallest absolute Gasteiger partial charge is 1.00 e. The van der Waals surface area contributed by atoms with E-state index in [0.717, 1.165) is 0 Å². The third-order valence-electron chi connectivity index (χ3n) is 4.14. The van der Waals surface area contributed by atoms with Crippen LogP contribution in [0.4, 0.5) is 0 Å². The van der Waals surface area contributed by atoms with Gasteiger partial charge in [-0.2, -0.15) is 5.26 Å². The molecule has 0 saturated carbocycles. The summed E-state index contributed by atoms with van der Waals surface area (Å²) in [5.74, 6) is -0.720. The Bertz CT molecular complexity index is 388. The second-order valence-corrected chi connectivity index (χ2v) is 5.77. The number of ether oxygens (including phenoxy) is 2. The fraction of sp³-hybridized carbons (Fsp3) is 0.938. The molecule has 0 radical (unpaired) electrons. The molecule has 146 valence electrons. The number of hydrogen-bond donors (Lipinski definition) is 5. The maximum atomic E-state index is 9.40. The first-order valence-corrected chi connectivity index (χ1v) is 7.38. The largest absolute Gasteiger partial charge is 1.00 e. The summed E-state index contributed by atoms with van der Waals surface area (Å²) in [6.07, 6.45) is -4.10. The van der Waals surface area contributed by atoms with Gasteiger partial charge in [0.2, 0.25) is 0 Å². The quantitative estimate of drug-likeness (QED) is 0.288. The molecule has 0 amide bonds. The van der Waals surface area contributed by atoms with Crippen LogP contribution in [0.1, 0.15) is 30.1 Å². The second kappa shape index (κ2) is 14.8. The zero-order valence-electron chi connectivity index (χ0n) is 14.9. The van der Waals surface area contributed by atoms with Crippen LogP contribution in [0.2, 0.25) is 0 Å². The van der Waals surface area contributed by atoms with E-state index >= 15 is 0 Å². The van der Waals surface area contributed by atoms with E-state index in [2.05, 4.69) is 0 Å². The van der Waals surface area contributed by atoms with Gasteiger partial charge in [-0.25, -0.2) is 0 Å². The summed E-state index contributed by atoms with van der Waals surface area (Å²) in [5.41, 5.74) is 5.35. The summed E-state index contributed by atoms with van der Waals surface area (Å²) < 4.78 is 10.2. The van der Waals surface area contributed by atoms with Crippen LogP contribution in [0.5, 0.6) is 0 Å². The Balaban J connectivity index is -0.000000161. The third-order valence-corrected chi connectivity index (χ3v) is 4.14. The molecule has 8 atom stereocenters. The summed E-state index contributed by atoms with van der Waals surface area (Å²) in [7, 11) is 0. The zero-order valence-corrected chi connectivity index (χ0v) is 17.0. The van der Waals surface area contributed by atoms with Gasteiger partial charge in [0, 0.05) is 5.92 Å². The molecule has 9 heteroatoms. The Morgan fingerprint density at radius 2 is 1.40 bits per heavy atom. The van der Waals surface area contributed by atoms with E-state index in [1.165, 1.54) is 0 Å². The maximum Gasteiger partial charge on any atom is 1.00 e. The Hall–Kier alpha value is 0.846. The van der Waals surface area contributed by atoms with Crippen molar-refractivity contribution >= 4 is 0 Å². The normalized spacial score (nSPS) is 39.9. The van der Waals surface area contributed by atoms with Gasteiger partial charge in [-0.05, 0) is 20.4 Å². The molecule has 8 nitrogen and oxygen atoms in total. The minimum atomic E-state index is -0.969. The molecule has 2 fully saturated rings. The number of nitriles is 1. The van der Waals surface area contributed by atoms with Gasteiger partial charge in [-0.15, -0.1) is 0 Å². The van der Waals surface area contributed by atoms with Crippen LogP contribution in [0.25, 0.3) is 0 Å². The van der Waals surface area contributed by atoms with Gasteiger partial charge in [-0.3, -0.25) is 0 Å². The van der Waals surface area contributed by atoms with Gasteiger partial charge in [0.1, 0.15) is 18.3 Å². The van der Waals surface area contributed by atoms with Gasteiger partial charge in [-0.1, -0.05) is 14.9 Å². The second-order valence-electron chi connectivity index (χ2n) is 5.77. The fourth-order valence-corrected chi connectivity index (χ4v) is 2.32. The topological polar surface area (TPSA) is 149 Å². The molecule has 25 heavy (non-hydrogen) atoms. The Morgan fingerprint density at radius 1 is 0.960 bits per heavy atom. The van der Waals surface area contributed by atoms with E-state index in [4.69, 9.17) is 20.5 Å². The first-order valence-electron chi connectivity index (χ1n) is 7.38. The summed E-state index contributed by atoms with van der Waals surface area (Å²) in [6.45, 7) is 4.40. The van der Waals surface area contributed by atoms with Crippen molar-refractivity contribution in [3.63, 3.8) is 0 Å². The van der Waals surface area contributed by atoms with Crippen LogP contribution in [0, 0.1) is 23.2 Å². The molecule has 6 N–H and O–H groups in total. The molecule has 0 aromatic rings. The van der Waals surface area contributed by atoms with Crippen molar-refractivity contribution in [2.75, 3.05) is 19.8 Å². The van der Waals surface area contributed by atoms with Gasteiger partial charge in [0.05, 0.1) is 43.5 Å². The van der Waals surface area contributed by atoms with Crippen LogP contribution >= 0.6 is 0 Å². The number of rotatable bonds is 1. The molecule has 2 saturated heterocycles. The number of nitrogens with zero attached hydrogens (tertiary/aromatic N) is 1. The zero-order chi connectivity index (χ0) is 16.9.